The van der Waals surface area contributed by atoms with Crippen molar-refractivity contribution in [3.05, 3.63) is 75.3 Å². The van der Waals surface area contributed by atoms with Crippen LogP contribution in [0.5, 0.6) is 17.4 Å². The molecule has 2 aromatic carbocycles. The Morgan fingerprint density at radius 1 is 1.29 bits per heavy atom. The topological polar surface area (TPSA) is 135 Å². The quantitative estimate of drug-likeness (QED) is 0.487. The summed E-state index contributed by atoms with van der Waals surface area (Å²) in [6, 6.07) is 12.6. The van der Waals surface area contributed by atoms with Gasteiger partial charge in [-0.15, -0.1) is 5.10 Å². The molecular weight excluding hydrogens is 458 g/mol. The Balaban J connectivity index is 1.55. The molecule has 0 fully saturated rings. The van der Waals surface area contributed by atoms with Crippen LogP contribution in [0.2, 0.25) is 5.02 Å². The van der Waals surface area contributed by atoms with E-state index in [4.69, 9.17) is 31.5 Å². The maximum atomic E-state index is 12.4. The third kappa shape index (κ3) is 4.36. The minimum atomic E-state index is -0.495. The number of hydrogen-bond donors (Lipinski definition) is 3. The van der Waals surface area contributed by atoms with Gasteiger partial charge < -0.3 is 25.3 Å². The van der Waals surface area contributed by atoms with Crippen LogP contribution < -0.4 is 25.3 Å². The predicted molar refractivity (Wildman–Crippen MR) is 126 cm³/mol. The number of nitrogens with two attached hydrogens (primary N) is 1. The van der Waals surface area contributed by atoms with Gasteiger partial charge >= 0.3 is 0 Å². The van der Waals surface area contributed by atoms with Crippen LogP contribution in [0.1, 0.15) is 28.3 Å². The van der Waals surface area contributed by atoms with Crippen molar-refractivity contribution >= 4 is 23.2 Å². The average molecular weight is 480 g/mol. The van der Waals surface area contributed by atoms with Crippen LogP contribution in [0.3, 0.4) is 0 Å². The van der Waals surface area contributed by atoms with Gasteiger partial charge in [-0.25, -0.2) is 0 Å². The van der Waals surface area contributed by atoms with E-state index in [1.54, 1.807) is 30.3 Å². The number of hydrogen-bond acceptors (Lipinski definition) is 7. The lowest BCUT2D eigenvalue weighted by atomic mass is 9.84. The van der Waals surface area contributed by atoms with Gasteiger partial charge in [0.15, 0.2) is 18.1 Å². The van der Waals surface area contributed by atoms with Crippen molar-refractivity contribution in [1.29, 1.82) is 5.26 Å². The second-order valence-corrected chi connectivity index (χ2v) is 8.11. The lowest BCUT2D eigenvalue weighted by Crippen LogP contribution is -2.21. The normalized spacial score (nSPS) is 14.6. The number of fused-ring (bicyclic) bond motifs is 1. The molecule has 1 aliphatic heterocycles. The molecule has 0 aliphatic carbocycles. The average Bonchev–Trinajstić information content (AvgIpc) is 3.19. The van der Waals surface area contributed by atoms with E-state index in [-0.39, 0.29) is 24.0 Å². The van der Waals surface area contributed by atoms with E-state index < -0.39 is 5.92 Å². The van der Waals surface area contributed by atoms with Gasteiger partial charge in [0.25, 0.3) is 5.91 Å². The Labute approximate surface area is 201 Å². The van der Waals surface area contributed by atoms with E-state index in [0.717, 1.165) is 22.4 Å². The lowest BCUT2D eigenvalue weighted by molar-refractivity contribution is -0.118. The molecule has 9 nitrogen and oxygen atoms in total. The van der Waals surface area contributed by atoms with Crippen LogP contribution in [0.25, 0.3) is 0 Å². The number of ether oxygens (including phenoxy) is 3. The Bertz CT molecular complexity index is 1340. The van der Waals surface area contributed by atoms with E-state index >= 15 is 0 Å². The zero-order valence-corrected chi connectivity index (χ0v) is 19.5. The van der Waals surface area contributed by atoms with Crippen LogP contribution in [0, 0.1) is 25.2 Å². The summed E-state index contributed by atoms with van der Waals surface area (Å²) in [7, 11) is 1.49. The number of aromatic amines is 1. The largest absolute Gasteiger partial charge is 0.493 e. The third-order valence-corrected chi connectivity index (χ3v) is 5.87. The number of methoxy groups -OCH3 is 1. The summed E-state index contributed by atoms with van der Waals surface area (Å²) in [5.74, 6) is 0.246. The zero-order valence-electron chi connectivity index (χ0n) is 18.7. The van der Waals surface area contributed by atoms with Crippen LogP contribution in [0.15, 0.2) is 47.9 Å². The van der Waals surface area contributed by atoms with Gasteiger partial charge in [-0.05, 0) is 49.2 Å². The van der Waals surface area contributed by atoms with Crippen molar-refractivity contribution in [2.45, 2.75) is 19.8 Å². The van der Waals surface area contributed by atoms with Gasteiger partial charge in [-0.2, -0.15) is 5.26 Å². The number of halogens is 1. The number of nitrogens with zero attached hydrogens (tertiary/aromatic N) is 2. The number of nitriles is 1. The van der Waals surface area contributed by atoms with Crippen molar-refractivity contribution < 1.29 is 19.0 Å². The third-order valence-electron chi connectivity index (χ3n) is 5.46. The first-order valence-corrected chi connectivity index (χ1v) is 10.7. The lowest BCUT2D eigenvalue weighted by Gasteiger charge is -2.24. The van der Waals surface area contributed by atoms with E-state index in [0.29, 0.717) is 28.1 Å². The number of allylic oxidation sites excluding steroid dienone is 1. The number of amides is 1. The molecule has 0 saturated heterocycles. The van der Waals surface area contributed by atoms with Crippen molar-refractivity contribution in [2.75, 3.05) is 19.0 Å². The number of H-pyrrole nitrogens is 1. The highest BCUT2D eigenvalue weighted by atomic mass is 35.5. The number of carbonyl (C=O) groups excluding carboxylic acids is 1. The number of nitrogens with one attached hydrogen (secondary N) is 2. The van der Waals surface area contributed by atoms with Crippen molar-refractivity contribution in [1.82, 2.24) is 10.2 Å². The van der Waals surface area contributed by atoms with E-state index in [1.165, 1.54) is 7.11 Å². The fourth-order valence-corrected chi connectivity index (χ4v) is 3.91. The Hall–Kier alpha value is -4.16. The molecule has 1 amide bonds. The first-order valence-electron chi connectivity index (χ1n) is 10.3. The van der Waals surface area contributed by atoms with Crippen LogP contribution in [-0.4, -0.2) is 29.8 Å². The van der Waals surface area contributed by atoms with E-state index in [1.807, 2.05) is 19.9 Å². The maximum Gasteiger partial charge on any atom is 0.262 e. The van der Waals surface area contributed by atoms with Gasteiger partial charge in [-0.3, -0.25) is 9.89 Å². The monoisotopic (exact) mass is 479 g/mol. The summed E-state index contributed by atoms with van der Waals surface area (Å²) in [6.07, 6.45) is 0. The van der Waals surface area contributed by atoms with E-state index in [2.05, 4.69) is 21.6 Å². The smallest absolute Gasteiger partial charge is 0.262 e. The van der Waals surface area contributed by atoms with Gasteiger partial charge in [-0.1, -0.05) is 23.7 Å². The minimum absolute atomic E-state index is 0.00123. The summed E-state index contributed by atoms with van der Waals surface area (Å²) in [5, 5.41) is 20.0. The number of aryl methyl sites for hydroxylation is 2. The minimum Gasteiger partial charge on any atom is -0.493 e. The molecule has 1 aromatic heterocycles. The zero-order chi connectivity index (χ0) is 24.4. The molecule has 1 atom stereocenters. The summed E-state index contributed by atoms with van der Waals surface area (Å²) >= 11 is 6.11. The highest BCUT2D eigenvalue weighted by Crippen LogP contribution is 2.44. The Morgan fingerprint density at radius 3 is 2.79 bits per heavy atom. The fraction of sp³-hybridized carbons (Fsp3) is 0.208. The molecular formula is C24H22ClN5O4. The summed E-state index contributed by atoms with van der Waals surface area (Å²) < 4.78 is 16.7. The predicted octanol–water partition coefficient (Wildman–Crippen LogP) is 3.92. The first kappa shape index (κ1) is 23.0. The Kier molecular flexibility index (Phi) is 6.34. The molecule has 3 aromatic rings. The summed E-state index contributed by atoms with van der Waals surface area (Å²) in [5.41, 5.74) is 9.94. The van der Waals surface area contributed by atoms with Crippen molar-refractivity contribution in [2.24, 2.45) is 5.73 Å². The molecule has 0 bridgehead atoms. The maximum absolute atomic E-state index is 12.4. The summed E-state index contributed by atoms with van der Waals surface area (Å²) in [4.78, 5) is 12.4. The van der Waals surface area contributed by atoms with Gasteiger partial charge in [0.1, 0.15) is 11.6 Å². The van der Waals surface area contributed by atoms with Gasteiger partial charge in [0.2, 0.25) is 11.8 Å². The van der Waals surface area contributed by atoms with Crippen molar-refractivity contribution in [3.8, 4) is 23.4 Å². The molecule has 4 rings (SSSR count). The molecule has 0 saturated carbocycles. The standard InChI is InChI=1S/C24H22ClN5O4/c1-12-4-6-15(9-17(12)25)28-20(31)11-33-18-7-5-14(8-19(18)32-3)22-16(10-26)23(27)34-24-21(22)13(2)29-30-24/h4-9,22H,11,27H2,1-3H3,(H,28,31)(H,29,30). The first-order chi connectivity index (χ1) is 16.3. The van der Waals surface area contributed by atoms with Crippen LogP contribution >= 0.6 is 11.6 Å². The molecule has 10 heteroatoms. The number of benzene rings is 2. The molecule has 0 radical (unpaired) electrons. The molecule has 174 valence electrons. The van der Waals surface area contributed by atoms with E-state index in [9.17, 15) is 10.1 Å². The van der Waals surface area contributed by atoms with Crippen molar-refractivity contribution in [3.63, 3.8) is 0 Å². The number of carbonyl (C=O) groups is 1. The SMILES string of the molecule is COc1cc(C2C(C#N)=C(N)Oc3n[nH]c(C)c32)ccc1OCC(=O)Nc1ccc(C)c(Cl)c1. The Morgan fingerprint density at radius 2 is 2.09 bits per heavy atom. The highest BCUT2D eigenvalue weighted by molar-refractivity contribution is 6.31. The molecule has 1 unspecified atom stereocenters. The van der Waals surface area contributed by atoms with Gasteiger partial charge in [0.05, 0.1) is 13.0 Å². The second-order valence-electron chi connectivity index (χ2n) is 7.70. The molecule has 34 heavy (non-hydrogen) atoms. The summed E-state index contributed by atoms with van der Waals surface area (Å²) in [6.45, 7) is 3.48. The van der Waals surface area contributed by atoms with Gasteiger partial charge in [0, 0.05) is 22.0 Å². The molecule has 2 heterocycles. The highest BCUT2D eigenvalue weighted by Gasteiger charge is 2.34. The van der Waals surface area contributed by atoms with Crippen LogP contribution in [-0.2, 0) is 4.79 Å². The fourth-order valence-electron chi connectivity index (χ4n) is 3.73. The number of rotatable bonds is 6. The molecule has 1 aliphatic rings. The second kappa shape index (κ2) is 9.37. The molecule has 4 N–H and O–H groups in total. The number of aromatic nitrogens is 2. The number of anilines is 1. The van der Waals surface area contributed by atoms with Crippen LogP contribution in [0.4, 0.5) is 5.69 Å². The molecule has 0 spiro atoms.